The number of aromatic nitrogens is 2. The Hall–Kier alpha value is -2.97. The highest BCUT2D eigenvalue weighted by Gasteiger charge is 2.31. The van der Waals surface area contributed by atoms with Crippen molar-refractivity contribution in [3.8, 4) is 5.69 Å². The van der Waals surface area contributed by atoms with Gasteiger partial charge in [0.1, 0.15) is 17.2 Å². The highest BCUT2D eigenvalue weighted by molar-refractivity contribution is 6.31. The summed E-state index contributed by atoms with van der Waals surface area (Å²) < 4.78 is 15.6. The Balaban J connectivity index is 1.71. The number of fused-ring (bicyclic) bond motifs is 1. The molecule has 1 saturated heterocycles. The fourth-order valence-corrected chi connectivity index (χ4v) is 3.88. The summed E-state index contributed by atoms with van der Waals surface area (Å²) in [5, 5.41) is 9.22. The van der Waals surface area contributed by atoms with Crippen LogP contribution in [0.5, 0.6) is 0 Å². The van der Waals surface area contributed by atoms with Gasteiger partial charge in [0.05, 0.1) is 22.4 Å². The molecule has 2 aromatic heterocycles. The molecule has 0 bridgehead atoms. The molecular formula is C22H22ClFN4O3. The minimum Gasteiger partial charge on any atom is -0.477 e. The van der Waals surface area contributed by atoms with Crippen molar-refractivity contribution >= 4 is 34.3 Å². The zero-order valence-electron chi connectivity index (χ0n) is 17.3. The molecule has 9 heteroatoms. The highest BCUT2D eigenvalue weighted by atomic mass is 35.5. The maximum Gasteiger partial charge on any atom is 0.341 e. The predicted molar refractivity (Wildman–Crippen MR) is 118 cm³/mol. The zero-order valence-corrected chi connectivity index (χ0v) is 18.1. The van der Waals surface area contributed by atoms with Crippen molar-refractivity contribution in [3.63, 3.8) is 0 Å². The monoisotopic (exact) mass is 444 g/mol. The number of benzene rings is 1. The van der Waals surface area contributed by atoms with Crippen LogP contribution in [0.15, 0.2) is 41.5 Å². The van der Waals surface area contributed by atoms with Crippen LogP contribution in [-0.2, 0) is 0 Å². The summed E-state index contributed by atoms with van der Waals surface area (Å²) in [5.41, 5.74) is -0.420. The number of nitrogens with zero attached hydrogens (tertiary/aromatic N) is 4. The molecule has 0 aliphatic carbocycles. The Morgan fingerprint density at radius 2 is 2.03 bits per heavy atom. The summed E-state index contributed by atoms with van der Waals surface area (Å²) in [6, 6.07) is 6.82. The number of anilines is 1. The van der Waals surface area contributed by atoms with E-state index in [0.29, 0.717) is 17.8 Å². The van der Waals surface area contributed by atoms with Crippen LogP contribution in [0.2, 0.25) is 5.02 Å². The van der Waals surface area contributed by atoms with Crippen LogP contribution in [0.1, 0.15) is 24.2 Å². The van der Waals surface area contributed by atoms with Gasteiger partial charge in [0, 0.05) is 42.8 Å². The second kappa shape index (κ2) is 7.94. The van der Waals surface area contributed by atoms with Crippen molar-refractivity contribution in [2.24, 2.45) is 0 Å². The Bertz CT molecular complexity index is 1220. The normalized spacial score (nSPS) is 14.5. The lowest BCUT2D eigenvalue weighted by Crippen LogP contribution is -2.60. The van der Waals surface area contributed by atoms with E-state index >= 15 is 0 Å². The van der Waals surface area contributed by atoms with Crippen molar-refractivity contribution in [1.29, 1.82) is 0 Å². The van der Waals surface area contributed by atoms with E-state index < -0.39 is 22.8 Å². The van der Waals surface area contributed by atoms with Crippen LogP contribution in [-0.4, -0.2) is 57.7 Å². The molecule has 1 N–H and O–H groups in total. The Kier molecular flexibility index (Phi) is 5.45. The molecule has 31 heavy (non-hydrogen) atoms. The van der Waals surface area contributed by atoms with Gasteiger partial charge in [0.2, 0.25) is 5.43 Å². The summed E-state index contributed by atoms with van der Waals surface area (Å²) in [5.74, 6) is -1.27. The standard InChI is InChI=1S/C22H22ClFN4O3/c1-12(2)26(3)14-9-27(10-14)20-5-4-13(8-25-20)28-11-16(22(30)31)21(29)15-6-17(23)18(24)7-19(15)28/h4-8,11-12,14H,9-10H2,1-3H3,(H,30,31). The summed E-state index contributed by atoms with van der Waals surface area (Å²) in [4.78, 5) is 33.1. The Morgan fingerprint density at radius 1 is 1.32 bits per heavy atom. The third-order valence-corrected chi connectivity index (χ3v) is 6.15. The van der Waals surface area contributed by atoms with E-state index in [1.807, 2.05) is 6.07 Å². The number of hydrogen-bond acceptors (Lipinski definition) is 5. The van der Waals surface area contributed by atoms with Gasteiger partial charge in [-0.15, -0.1) is 0 Å². The number of hydrogen-bond donors (Lipinski definition) is 1. The number of aromatic carboxylic acids is 1. The number of likely N-dealkylation sites (N-methyl/N-ethyl adjacent to an activating group) is 1. The minimum absolute atomic E-state index is 0.0256. The average Bonchev–Trinajstić information content (AvgIpc) is 2.69. The largest absolute Gasteiger partial charge is 0.477 e. The molecule has 0 saturated carbocycles. The van der Waals surface area contributed by atoms with Crippen LogP contribution < -0.4 is 10.3 Å². The molecule has 0 spiro atoms. The number of pyridine rings is 2. The fraction of sp³-hybridized carbons (Fsp3) is 0.318. The van der Waals surface area contributed by atoms with E-state index in [1.54, 1.807) is 12.3 Å². The molecule has 3 aromatic rings. The Labute approximate surface area is 183 Å². The first kappa shape index (κ1) is 21.3. The molecule has 1 aliphatic heterocycles. The van der Waals surface area contributed by atoms with E-state index in [1.165, 1.54) is 10.8 Å². The molecule has 0 unspecified atom stereocenters. The maximum absolute atomic E-state index is 14.1. The zero-order chi connectivity index (χ0) is 22.4. The number of carboxylic acids is 1. The molecule has 1 fully saturated rings. The molecule has 7 nitrogen and oxygen atoms in total. The summed E-state index contributed by atoms with van der Waals surface area (Å²) in [6.45, 7) is 6.06. The maximum atomic E-state index is 14.1. The molecule has 0 radical (unpaired) electrons. The van der Waals surface area contributed by atoms with Gasteiger partial charge in [-0.2, -0.15) is 0 Å². The van der Waals surface area contributed by atoms with Crippen LogP contribution >= 0.6 is 11.6 Å². The van der Waals surface area contributed by atoms with Crippen molar-refractivity contribution < 1.29 is 14.3 Å². The van der Waals surface area contributed by atoms with Crippen molar-refractivity contribution in [2.75, 3.05) is 25.0 Å². The highest BCUT2D eigenvalue weighted by Crippen LogP contribution is 2.26. The lowest BCUT2D eigenvalue weighted by Gasteiger charge is -2.46. The van der Waals surface area contributed by atoms with E-state index in [9.17, 15) is 19.1 Å². The van der Waals surface area contributed by atoms with Crippen molar-refractivity contribution in [3.05, 3.63) is 63.3 Å². The van der Waals surface area contributed by atoms with Gasteiger partial charge in [0.15, 0.2) is 0 Å². The molecular weight excluding hydrogens is 423 g/mol. The van der Waals surface area contributed by atoms with Gasteiger partial charge in [-0.1, -0.05) is 11.6 Å². The van der Waals surface area contributed by atoms with E-state index in [4.69, 9.17) is 11.6 Å². The van der Waals surface area contributed by atoms with Gasteiger partial charge < -0.3 is 14.6 Å². The molecule has 162 valence electrons. The first-order chi connectivity index (χ1) is 14.7. The first-order valence-electron chi connectivity index (χ1n) is 9.88. The molecule has 1 aromatic carbocycles. The summed E-state index contributed by atoms with van der Waals surface area (Å²) in [6.07, 6.45) is 2.77. The van der Waals surface area contributed by atoms with Gasteiger partial charge in [0.25, 0.3) is 0 Å². The van der Waals surface area contributed by atoms with Gasteiger partial charge in [-0.3, -0.25) is 9.69 Å². The fourth-order valence-electron chi connectivity index (χ4n) is 3.72. The smallest absolute Gasteiger partial charge is 0.341 e. The quantitative estimate of drug-likeness (QED) is 0.649. The van der Waals surface area contributed by atoms with Crippen molar-refractivity contribution in [2.45, 2.75) is 25.9 Å². The van der Waals surface area contributed by atoms with Gasteiger partial charge in [-0.25, -0.2) is 14.2 Å². The summed E-state index contributed by atoms with van der Waals surface area (Å²) in [7, 11) is 2.11. The second-order valence-corrected chi connectivity index (χ2v) is 8.43. The topological polar surface area (TPSA) is 78.7 Å². The van der Waals surface area contributed by atoms with E-state index in [-0.39, 0.29) is 15.9 Å². The molecule has 1 aliphatic rings. The lowest BCUT2D eigenvalue weighted by atomic mass is 10.1. The number of rotatable bonds is 5. The van der Waals surface area contributed by atoms with Crippen LogP contribution in [0.4, 0.5) is 10.2 Å². The lowest BCUT2D eigenvalue weighted by molar-refractivity contribution is 0.0695. The van der Waals surface area contributed by atoms with Crippen LogP contribution in [0.3, 0.4) is 0 Å². The average molecular weight is 445 g/mol. The number of halogens is 2. The number of carboxylic acid groups (broad SMARTS) is 1. The summed E-state index contributed by atoms with van der Waals surface area (Å²) >= 11 is 5.83. The van der Waals surface area contributed by atoms with E-state index in [0.717, 1.165) is 31.0 Å². The SMILES string of the molecule is CC(C)N(C)C1CN(c2ccc(-n3cc(C(=O)O)c(=O)c4cc(Cl)c(F)cc43)cn2)C1. The predicted octanol–water partition coefficient (Wildman–Crippen LogP) is 3.41. The molecule has 0 atom stereocenters. The molecule has 3 heterocycles. The Morgan fingerprint density at radius 3 is 2.61 bits per heavy atom. The second-order valence-electron chi connectivity index (χ2n) is 8.02. The molecule has 4 rings (SSSR count). The first-order valence-corrected chi connectivity index (χ1v) is 10.3. The van der Waals surface area contributed by atoms with Crippen LogP contribution in [0.25, 0.3) is 16.6 Å². The third kappa shape index (κ3) is 3.77. The molecule has 0 amide bonds. The van der Waals surface area contributed by atoms with Crippen LogP contribution in [0, 0.1) is 5.82 Å². The minimum atomic E-state index is -1.37. The third-order valence-electron chi connectivity index (χ3n) is 5.86. The van der Waals surface area contributed by atoms with E-state index in [2.05, 4.69) is 35.7 Å². The van der Waals surface area contributed by atoms with Crippen molar-refractivity contribution in [1.82, 2.24) is 14.5 Å². The number of carbonyl (C=O) groups is 1. The van der Waals surface area contributed by atoms with Gasteiger partial charge in [-0.05, 0) is 39.1 Å². The van der Waals surface area contributed by atoms with Gasteiger partial charge >= 0.3 is 5.97 Å².